The van der Waals surface area contributed by atoms with Crippen molar-refractivity contribution in [3.05, 3.63) is 69.9 Å². The maximum Gasteiger partial charge on any atom is 0.257 e. The number of halogens is 2. The van der Waals surface area contributed by atoms with Crippen LogP contribution in [0.2, 0.25) is 5.02 Å². The first-order valence-corrected chi connectivity index (χ1v) is 9.33. The zero-order valence-corrected chi connectivity index (χ0v) is 16.9. The van der Waals surface area contributed by atoms with Gasteiger partial charge in [0.2, 0.25) is 0 Å². The molecule has 0 saturated heterocycles. The molecule has 0 atom stereocenters. The van der Waals surface area contributed by atoms with Crippen molar-refractivity contribution in [1.29, 1.82) is 0 Å². The first-order valence-electron chi connectivity index (χ1n) is 8.16. The van der Waals surface area contributed by atoms with Crippen molar-refractivity contribution in [2.45, 2.75) is 0 Å². The van der Waals surface area contributed by atoms with E-state index < -0.39 is 0 Å². The molecule has 0 unspecified atom stereocenters. The van der Waals surface area contributed by atoms with Crippen LogP contribution in [0, 0.1) is 0 Å². The highest BCUT2D eigenvalue weighted by Crippen LogP contribution is 2.27. The van der Waals surface area contributed by atoms with Gasteiger partial charge >= 0.3 is 0 Å². The second-order valence-electron chi connectivity index (χ2n) is 5.86. The van der Waals surface area contributed by atoms with Gasteiger partial charge in [-0.15, -0.1) is 10.2 Å². The SMILES string of the molecule is COc1ccc(-n2nc3ccc(NC(=O)c4cncc(Br)c4)cc3n2)cc1Cl. The van der Waals surface area contributed by atoms with Gasteiger partial charge < -0.3 is 10.1 Å². The molecule has 4 rings (SSSR count). The molecule has 0 spiro atoms. The van der Waals surface area contributed by atoms with Crippen LogP contribution in [-0.2, 0) is 0 Å². The van der Waals surface area contributed by atoms with E-state index in [0.29, 0.717) is 38.7 Å². The number of carbonyl (C=O) groups excluding carboxylic acids is 1. The summed E-state index contributed by atoms with van der Waals surface area (Å²) in [7, 11) is 1.56. The highest BCUT2D eigenvalue weighted by molar-refractivity contribution is 9.10. The molecule has 0 fully saturated rings. The molecule has 1 amide bonds. The smallest absolute Gasteiger partial charge is 0.257 e. The van der Waals surface area contributed by atoms with E-state index in [4.69, 9.17) is 16.3 Å². The van der Waals surface area contributed by atoms with Gasteiger partial charge in [-0.25, -0.2) is 0 Å². The standard InChI is InChI=1S/C19H13BrClN5O2/c1-28-18-5-3-14(8-15(18)21)26-24-16-4-2-13(7-17(16)25-26)23-19(27)11-6-12(20)10-22-9-11/h2-10H,1H3,(H,23,27). The fourth-order valence-corrected chi connectivity index (χ4v) is 3.24. The Morgan fingerprint density at radius 2 is 1.93 bits per heavy atom. The second kappa shape index (κ2) is 7.57. The molecule has 7 nitrogen and oxygen atoms in total. The molecule has 1 N–H and O–H groups in total. The lowest BCUT2D eigenvalue weighted by Gasteiger charge is -2.05. The first kappa shape index (κ1) is 18.4. The van der Waals surface area contributed by atoms with Crippen molar-refractivity contribution in [2.75, 3.05) is 12.4 Å². The fourth-order valence-electron chi connectivity index (χ4n) is 2.63. The van der Waals surface area contributed by atoms with Crippen LogP contribution in [0.1, 0.15) is 10.4 Å². The van der Waals surface area contributed by atoms with Gasteiger partial charge in [0, 0.05) is 22.6 Å². The van der Waals surface area contributed by atoms with Crippen LogP contribution in [0.4, 0.5) is 5.69 Å². The third-order valence-corrected chi connectivity index (χ3v) is 4.70. The van der Waals surface area contributed by atoms with E-state index in [1.165, 1.54) is 11.0 Å². The van der Waals surface area contributed by atoms with Gasteiger partial charge in [0.05, 0.1) is 23.4 Å². The molecule has 2 aromatic heterocycles. The van der Waals surface area contributed by atoms with Crippen molar-refractivity contribution in [2.24, 2.45) is 0 Å². The molecule has 0 aliphatic rings. The normalized spacial score (nSPS) is 10.8. The van der Waals surface area contributed by atoms with E-state index >= 15 is 0 Å². The Bertz CT molecular complexity index is 1190. The third-order valence-electron chi connectivity index (χ3n) is 3.97. The summed E-state index contributed by atoms with van der Waals surface area (Å²) in [6, 6.07) is 12.3. The molecule has 0 aliphatic carbocycles. The van der Waals surface area contributed by atoms with Gasteiger partial charge in [0.25, 0.3) is 5.91 Å². The molecule has 2 heterocycles. The predicted molar refractivity (Wildman–Crippen MR) is 110 cm³/mol. The first-order chi connectivity index (χ1) is 13.5. The zero-order valence-electron chi connectivity index (χ0n) is 14.6. The number of benzene rings is 2. The minimum atomic E-state index is -0.262. The number of nitrogens with zero attached hydrogens (tertiary/aromatic N) is 4. The van der Waals surface area contributed by atoms with Crippen molar-refractivity contribution in [1.82, 2.24) is 20.0 Å². The number of nitrogens with one attached hydrogen (secondary N) is 1. The molecule has 2 aromatic carbocycles. The van der Waals surface area contributed by atoms with Crippen molar-refractivity contribution >= 4 is 50.2 Å². The van der Waals surface area contributed by atoms with Gasteiger partial charge in [0.15, 0.2) is 0 Å². The number of anilines is 1. The summed E-state index contributed by atoms with van der Waals surface area (Å²) < 4.78 is 5.89. The number of hydrogen-bond acceptors (Lipinski definition) is 5. The van der Waals surface area contributed by atoms with E-state index in [2.05, 4.69) is 36.4 Å². The van der Waals surface area contributed by atoms with Gasteiger partial charge in [-0.05, 0) is 58.4 Å². The van der Waals surface area contributed by atoms with Gasteiger partial charge in [-0.1, -0.05) is 11.6 Å². The number of carbonyl (C=O) groups is 1. The Kier molecular flexibility index (Phi) is 4.97. The lowest BCUT2D eigenvalue weighted by atomic mass is 10.2. The number of hydrogen-bond donors (Lipinski definition) is 1. The number of methoxy groups -OCH3 is 1. The zero-order chi connectivity index (χ0) is 19.7. The number of fused-ring (bicyclic) bond motifs is 1. The lowest BCUT2D eigenvalue weighted by molar-refractivity contribution is 0.102. The molecule has 0 bridgehead atoms. The molecule has 9 heteroatoms. The number of ether oxygens (including phenoxy) is 1. The average molecular weight is 459 g/mol. The molecule has 28 heavy (non-hydrogen) atoms. The summed E-state index contributed by atoms with van der Waals surface area (Å²) in [5.41, 5.74) is 3.09. The summed E-state index contributed by atoms with van der Waals surface area (Å²) in [5.74, 6) is 0.316. The summed E-state index contributed by atoms with van der Waals surface area (Å²) >= 11 is 9.49. The number of pyridine rings is 1. The minimum Gasteiger partial charge on any atom is -0.495 e. The molecule has 4 aromatic rings. The summed E-state index contributed by atoms with van der Waals surface area (Å²) in [5, 5.41) is 12.2. The van der Waals surface area contributed by atoms with Crippen molar-refractivity contribution in [3.8, 4) is 11.4 Å². The quantitative estimate of drug-likeness (QED) is 0.487. The number of rotatable bonds is 4. The predicted octanol–water partition coefficient (Wildman–Crippen LogP) is 4.49. The number of amides is 1. The highest BCUT2D eigenvalue weighted by Gasteiger charge is 2.11. The van der Waals surface area contributed by atoms with Crippen molar-refractivity contribution < 1.29 is 9.53 Å². The monoisotopic (exact) mass is 457 g/mol. The Morgan fingerprint density at radius 3 is 2.68 bits per heavy atom. The van der Waals surface area contributed by atoms with Crippen molar-refractivity contribution in [3.63, 3.8) is 0 Å². The molecule has 0 radical (unpaired) electrons. The van der Waals surface area contributed by atoms with Gasteiger partial charge in [0.1, 0.15) is 16.8 Å². The molecule has 0 saturated carbocycles. The van der Waals surface area contributed by atoms with Crippen LogP contribution in [0.25, 0.3) is 16.7 Å². The summed E-state index contributed by atoms with van der Waals surface area (Å²) in [4.78, 5) is 17.9. The minimum absolute atomic E-state index is 0.262. The second-order valence-corrected chi connectivity index (χ2v) is 7.18. The topological polar surface area (TPSA) is 81.9 Å². The van der Waals surface area contributed by atoms with Crippen LogP contribution < -0.4 is 10.1 Å². The van der Waals surface area contributed by atoms with Gasteiger partial charge in [-0.2, -0.15) is 4.80 Å². The molecule has 0 aliphatic heterocycles. The summed E-state index contributed by atoms with van der Waals surface area (Å²) in [6.45, 7) is 0. The van der Waals surface area contributed by atoms with Crippen LogP contribution in [0.15, 0.2) is 59.3 Å². The largest absolute Gasteiger partial charge is 0.495 e. The van der Waals surface area contributed by atoms with E-state index in [1.807, 2.05) is 6.07 Å². The van der Waals surface area contributed by atoms with E-state index in [1.54, 1.807) is 49.7 Å². The van der Waals surface area contributed by atoms with Gasteiger partial charge in [-0.3, -0.25) is 9.78 Å². The van der Waals surface area contributed by atoms with E-state index in [0.717, 1.165) is 4.47 Å². The Hall–Kier alpha value is -2.97. The van der Waals surface area contributed by atoms with Crippen LogP contribution >= 0.6 is 27.5 Å². The number of aromatic nitrogens is 4. The average Bonchev–Trinajstić information content (AvgIpc) is 3.11. The Balaban J connectivity index is 1.61. The Labute approximate surface area is 173 Å². The maximum absolute atomic E-state index is 12.4. The maximum atomic E-state index is 12.4. The van der Waals surface area contributed by atoms with Crippen LogP contribution in [0.5, 0.6) is 5.75 Å². The Morgan fingerprint density at radius 1 is 1.11 bits per heavy atom. The molecule has 140 valence electrons. The molecular weight excluding hydrogens is 446 g/mol. The lowest BCUT2D eigenvalue weighted by Crippen LogP contribution is -2.12. The van der Waals surface area contributed by atoms with Crippen LogP contribution in [-0.4, -0.2) is 33.0 Å². The third kappa shape index (κ3) is 3.69. The fraction of sp³-hybridized carbons (Fsp3) is 0.0526. The van der Waals surface area contributed by atoms with Crippen LogP contribution in [0.3, 0.4) is 0 Å². The van der Waals surface area contributed by atoms with E-state index in [9.17, 15) is 4.79 Å². The van der Waals surface area contributed by atoms with E-state index in [-0.39, 0.29) is 5.91 Å². The summed E-state index contributed by atoms with van der Waals surface area (Å²) in [6.07, 6.45) is 3.12. The highest BCUT2D eigenvalue weighted by atomic mass is 79.9. The molecular formula is C19H13BrClN5O2.